The Kier molecular flexibility index (Phi) is 22.5. The Labute approximate surface area is 694 Å². The molecule has 48 heteroatoms. The number of hydrogen-bond donors (Lipinski definition) is 15. The number of nitrogens with zero attached hydrogens (tertiary/aromatic N) is 6. The van der Waals surface area contributed by atoms with Crippen LogP contribution >= 0.6 is 0 Å². The summed E-state index contributed by atoms with van der Waals surface area (Å²) in [5.74, 6) is -8.40. The molecule has 13 rings (SSSR count). The minimum Gasteiger partial charge on any atom is -0.344 e. The van der Waals surface area contributed by atoms with Gasteiger partial charge in [-0.05, 0) is 91.0 Å². The van der Waals surface area contributed by atoms with Gasteiger partial charge in [0.2, 0.25) is 0 Å². The lowest BCUT2D eigenvalue weighted by Crippen LogP contribution is -2.19. The summed E-state index contributed by atoms with van der Waals surface area (Å²) >= 11 is 0. The molecular formula is C75H63N15O27S6. The van der Waals surface area contributed by atoms with Gasteiger partial charge in [-0.2, -0.15) is 50.5 Å². The molecule has 0 aliphatic rings. The van der Waals surface area contributed by atoms with Crippen LogP contribution in [-0.4, -0.2) is 158 Å². The van der Waals surface area contributed by atoms with Crippen LogP contribution in [0.1, 0.15) is 94.0 Å². The van der Waals surface area contributed by atoms with Crippen LogP contribution in [0.5, 0.6) is 0 Å². The van der Waals surface area contributed by atoms with Gasteiger partial charge in [-0.3, -0.25) is 70.5 Å². The van der Waals surface area contributed by atoms with Crippen LogP contribution in [0.3, 0.4) is 0 Å². The number of anilines is 9. The van der Waals surface area contributed by atoms with Crippen LogP contribution < -0.4 is 47.9 Å². The first-order chi connectivity index (χ1) is 57.4. The van der Waals surface area contributed by atoms with Crippen molar-refractivity contribution < 1.29 is 121 Å². The number of carbonyl (C=O) groups excluding carboxylic acids is 9. The predicted molar refractivity (Wildman–Crippen MR) is 441 cm³/mol. The maximum Gasteiger partial charge on any atom is 0.297 e. The highest BCUT2D eigenvalue weighted by molar-refractivity contribution is 7.87. The van der Waals surface area contributed by atoms with Crippen molar-refractivity contribution in [1.82, 2.24) is 27.4 Å². The molecule has 123 heavy (non-hydrogen) atoms. The number of hydrogen-bond acceptors (Lipinski definition) is 21. The third-order valence-electron chi connectivity index (χ3n) is 19.0. The van der Waals surface area contributed by atoms with Crippen LogP contribution in [0, 0.1) is 0 Å². The molecule has 0 aliphatic heterocycles. The van der Waals surface area contributed by atoms with Crippen LogP contribution in [0.25, 0.3) is 32.3 Å². The van der Waals surface area contributed by atoms with Crippen molar-refractivity contribution in [3.05, 3.63) is 234 Å². The number of amides is 9. The lowest BCUT2D eigenvalue weighted by Gasteiger charge is -2.13. The summed E-state index contributed by atoms with van der Waals surface area (Å²) in [4.78, 5) is 122. The van der Waals surface area contributed by atoms with E-state index in [0.717, 1.165) is 109 Å². The Balaban J connectivity index is 0.733. The summed E-state index contributed by atoms with van der Waals surface area (Å²) in [6.45, 7) is 0. The van der Waals surface area contributed by atoms with Crippen molar-refractivity contribution >= 4 is 197 Å². The lowest BCUT2D eigenvalue weighted by atomic mass is 10.0. The first-order valence-electron chi connectivity index (χ1n) is 34.9. The third kappa shape index (κ3) is 18.0. The summed E-state index contributed by atoms with van der Waals surface area (Å²) in [5, 5.41) is 20.7. The van der Waals surface area contributed by atoms with E-state index in [1.165, 1.54) is 143 Å². The van der Waals surface area contributed by atoms with Gasteiger partial charge in [-0.15, -0.1) is 0 Å². The molecule has 0 unspecified atom stereocenters. The summed E-state index contributed by atoms with van der Waals surface area (Å²) in [7, 11) is -21.9. The molecule has 636 valence electrons. The van der Waals surface area contributed by atoms with Gasteiger partial charge in [0.1, 0.15) is 63.5 Å². The van der Waals surface area contributed by atoms with E-state index in [9.17, 15) is 121 Å². The SMILES string of the molecule is Cn1cc(NC(=O)c2cc(C(=O)Nc3cc(C(=O)Nc4cc(C(=O)Nc5ccc6c(S(=O)(=O)O)cccc6c5S(=O)(=O)O)n(C)c4)n(C)c3)cc(C(=O)Nc3cc(C(=O)Nc4cc(C(=O)Nc5ccc6c(S(=O)(=O)O)cccc6c5S(=O)(=O)O)n(C)c4)n(C)c3)c2)cc1C(=O)Nc1cc(C(=O)Nc2ccc3c(S(=O)(=O)O)cccc3c2S(=O)(=O)O)n(C)c1. The number of nitrogens with one attached hydrogen (secondary N) is 9. The van der Waals surface area contributed by atoms with Crippen molar-refractivity contribution in [3.63, 3.8) is 0 Å². The van der Waals surface area contributed by atoms with Gasteiger partial charge < -0.3 is 75.3 Å². The van der Waals surface area contributed by atoms with E-state index in [2.05, 4.69) is 47.9 Å². The fourth-order valence-corrected chi connectivity index (χ4v) is 18.3. The van der Waals surface area contributed by atoms with E-state index >= 15 is 0 Å². The first kappa shape index (κ1) is 86.5. The van der Waals surface area contributed by atoms with Crippen molar-refractivity contribution in [3.8, 4) is 0 Å². The molecule has 15 N–H and O–H groups in total. The number of benzene rings is 7. The smallest absolute Gasteiger partial charge is 0.297 e. The Morgan fingerprint density at radius 3 is 0.602 bits per heavy atom. The Bertz CT molecular complexity index is 6870. The van der Waals surface area contributed by atoms with Crippen molar-refractivity contribution in [2.45, 2.75) is 29.4 Å². The van der Waals surface area contributed by atoms with Gasteiger partial charge >= 0.3 is 0 Å². The van der Waals surface area contributed by atoms with Crippen LogP contribution in [0.4, 0.5) is 51.2 Å². The highest BCUT2D eigenvalue weighted by Crippen LogP contribution is 2.39. The topological polar surface area (TPSA) is 618 Å². The highest BCUT2D eigenvalue weighted by atomic mass is 32.2. The molecule has 0 aliphatic carbocycles. The molecule has 0 bridgehead atoms. The molecule has 0 saturated carbocycles. The van der Waals surface area contributed by atoms with Gasteiger partial charge in [-0.1, -0.05) is 54.6 Å². The second-order valence-electron chi connectivity index (χ2n) is 27.5. The number of carbonyl (C=O) groups is 9. The predicted octanol–water partition coefficient (Wildman–Crippen LogP) is 7.93. The van der Waals surface area contributed by atoms with E-state index in [0.29, 0.717) is 0 Å². The molecule has 6 aromatic heterocycles. The average Bonchev–Trinajstić information content (AvgIpc) is 1.61. The Morgan fingerprint density at radius 1 is 0.228 bits per heavy atom. The van der Waals surface area contributed by atoms with E-state index < -0.39 is 160 Å². The maximum absolute atomic E-state index is 14.5. The fraction of sp³-hybridized carbons (Fsp3) is 0.0800. The van der Waals surface area contributed by atoms with Crippen LogP contribution in [-0.2, 0) is 103 Å². The summed E-state index contributed by atoms with van der Waals surface area (Å²) in [6, 6.07) is 26.4. The Morgan fingerprint density at radius 2 is 0.415 bits per heavy atom. The second kappa shape index (κ2) is 32.0. The molecule has 13 aromatic rings. The molecule has 0 radical (unpaired) electrons. The van der Waals surface area contributed by atoms with E-state index in [1.807, 2.05) is 0 Å². The van der Waals surface area contributed by atoms with E-state index in [1.54, 1.807) is 0 Å². The standard InChI is InChI=1S/C75H63N15O27S6/c1-85-31-40(25-55(85)70(94)79-43-28-58(88(4)34-43)73(97)82-52-19-16-46-49(64(52)121(109,110)111)10-7-13-61(46)118(100,101)102)76-67(91)37-22-38(68(92)77-41-26-56(86(2)32-41)71(95)80-44-29-59(89(5)35-44)74(98)83-53-20-17-47-50(65(53)122(112,113)114)11-8-14-62(47)119(103,104)105)24-39(23-37)69(93)78-42-27-57(87(3)33-42)72(96)81-45-30-60(90(6)36-45)75(99)84-54-21-18-48-51(66(54)123(115,116)117)12-9-15-63(48)120(106,107)108/h7-36H,1-6H3,(H,76,91)(H,77,92)(H,78,93)(H,79,94)(H,80,95)(H,81,96)(H,82,97)(H,83,98)(H,84,99)(H,100,101,102)(H,103,104,105)(H,106,107,108)(H,109,110,111)(H,112,113,114)(H,115,116,117). The van der Waals surface area contributed by atoms with Gasteiger partial charge in [0.05, 0.1) is 51.2 Å². The first-order valence-corrected chi connectivity index (χ1v) is 43.5. The highest BCUT2D eigenvalue weighted by Gasteiger charge is 2.32. The molecule has 0 atom stereocenters. The van der Waals surface area contributed by atoms with E-state index in [-0.39, 0.29) is 117 Å². The molecule has 42 nitrogen and oxygen atoms in total. The maximum atomic E-state index is 14.5. The van der Waals surface area contributed by atoms with Gasteiger partial charge in [0, 0.05) is 128 Å². The van der Waals surface area contributed by atoms with Gasteiger partial charge in [-0.25, -0.2) is 0 Å². The third-order valence-corrected chi connectivity index (χ3v) is 24.6. The molecular weight excluding hydrogens is 1740 g/mol. The zero-order valence-electron chi connectivity index (χ0n) is 63.7. The quantitative estimate of drug-likeness (QED) is 0.0255. The zero-order valence-corrected chi connectivity index (χ0v) is 68.6. The largest absolute Gasteiger partial charge is 0.344 e. The molecule has 9 amide bonds. The number of aromatic nitrogens is 6. The van der Waals surface area contributed by atoms with Gasteiger partial charge in [0.25, 0.3) is 114 Å². The minimum atomic E-state index is -5.21. The summed E-state index contributed by atoms with van der Waals surface area (Å²) in [5.41, 5.74) is -3.66. The average molecular weight is 1800 g/mol. The minimum absolute atomic E-state index is 0.00338. The monoisotopic (exact) mass is 1800 g/mol. The molecule has 0 fully saturated rings. The number of aryl methyl sites for hydroxylation is 6. The van der Waals surface area contributed by atoms with Crippen molar-refractivity contribution in [2.24, 2.45) is 42.3 Å². The van der Waals surface area contributed by atoms with Crippen molar-refractivity contribution in [1.29, 1.82) is 0 Å². The Hall–Kier alpha value is -14.3. The molecule has 6 heterocycles. The fourth-order valence-electron chi connectivity index (χ4n) is 13.6. The van der Waals surface area contributed by atoms with Gasteiger partial charge in [0.15, 0.2) is 0 Å². The van der Waals surface area contributed by atoms with Crippen LogP contribution in [0.2, 0.25) is 0 Å². The number of rotatable bonds is 24. The number of fused-ring (bicyclic) bond motifs is 3. The van der Waals surface area contributed by atoms with E-state index in [4.69, 9.17) is 0 Å². The molecule has 0 spiro atoms. The summed E-state index contributed by atoms with van der Waals surface area (Å²) in [6.07, 6.45) is 7.83. The van der Waals surface area contributed by atoms with Crippen molar-refractivity contribution in [2.75, 3.05) is 47.9 Å². The molecule has 0 saturated heterocycles. The zero-order chi connectivity index (χ0) is 89.6. The normalized spacial score (nSPS) is 12.1. The summed E-state index contributed by atoms with van der Waals surface area (Å²) < 4.78 is 217. The second-order valence-corrected chi connectivity index (χ2v) is 35.7. The lowest BCUT2D eigenvalue weighted by molar-refractivity contribution is 0.100. The van der Waals surface area contributed by atoms with Crippen LogP contribution in [0.15, 0.2) is 212 Å². The molecule has 7 aromatic carbocycles.